The van der Waals surface area contributed by atoms with Gasteiger partial charge in [0.25, 0.3) is 0 Å². The van der Waals surface area contributed by atoms with E-state index in [1.165, 1.54) is 0 Å². The number of halogens is 2. The molecule has 2 heterocycles. The summed E-state index contributed by atoms with van der Waals surface area (Å²) in [6.07, 6.45) is 1.78. The summed E-state index contributed by atoms with van der Waals surface area (Å²) in [7, 11) is 0. The Morgan fingerprint density at radius 2 is 1.83 bits per heavy atom. The van der Waals surface area contributed by atoms with Gasteiger partial charge in [-0.05, 0) is 30.3 Å². The normalized spacial score (nSPS) is 15.2. The number of anilines is 2. The zero-order valence-electron chi connectivity index (χ0n) is 12.9. The largest absolute Gasteiger partial charge is 0.354 e. The van der Waals surface area contributed by atoms with Crippen LogP contribution in [0.4, 0.5) is 16.3 Å². The fourth-order valence-electron chi connectivity index (χ4n) is 2.46. The minimum atomic E-state index is -0.306. The molecule has 1 aromatic carbocycles. The van der Waals surface area contributed by atoms with E-state index in [2.05, 4.69) is 20.6 Å². The second-order valence-electron chi connectivity index (χ2n) is 5.36. The molecule has 0 aliphatic carbocycles. The minimum Gasteiger partial charge on any atom is -0.354 e. The van der Waals surface area contributed by atoms with Gasteiger partial charge in [-0.2, -0.15) is 0 Å². The van der Waals surface area contributed by atoms with Crippen LogP contribution in [0.1, 0.15) is 0 Å². The zero-order chi connectivity index (χ0) is 16.9. The summed E-state index contributed by atoms with van der Waals surface area (Å²) in [6, 6.07) is 10.5. The highest BCUT2D eigenvalue weighted by molar-refractivity contribution is 6.42. The molecule has 2 amide bonds. The molecule has 2 aromatic rings. The van der Waals surface area contributed by atoms with Crippen molar-refractivity contribution in [1.82, 2.24) is 15.4 Å². The summed E-state index contributed by atoms with van der Waals surface area (Å²) in [5.74, 6) is 0.956. The smallest absolute Gasteiger partial charge is 0.333 e. The number of piperazine rings is 1. The fourth-order valence-corrected chi connectivity index (χ4v) is 2.76. The number of nitrogens with zero attached hydrogens (tertiary/aromatic N) is 3. The van der Waals surface area contributed by atoms with Crippen LogP contribution in [-0.4, -0.2) is 42.2 Å². The molecular weight excluding hydrogens is 349 g/mol. The Morgan fingerprint density at radius 3 is 2.50 bits per heavy atom. The number of carbonyl (C=O) groups is 1. The molecule has 0 saturated carbocycles. The van der Waals surface area contributed by atoms with Crippen molar-refractivity contribution in [2.24, 2.45) is 0 Å². The molecule has 1 fully saturated rings. The number of hydrogen-bond acceptors (Lipinski definition) is 4. The molecule has 126 valence electrons. The van der Waals surface area contributed by atoms with Gasteiger partial charge in [0, 0.05) is 38.1 Å². The van der Waals surface area contributed by atoms with E-state index in [1.54, 1.807) is 24.4 Å². The van der Waals surface area contributed by atoms with Gasteiger partial charge in [-0.25, -0.2) is 14.8 Å². The van der Waals surface area contributed by atoms with Crippen molar-refractivity contribution in [3.8, 4) is 0 Å². The number of benzene rings is 1. The van der Waals surface area contributed by atoms with Gasteiger partial charge < -0.3 is 10.2 Å². The van der Waals surface area contributed by atoms with Gasteiger partial charge in [-0.1, -0.05) is 29.3 Å². The number of aromatic nitrogens is 1. The van der Waals surface area contributed by atoms with Crippen molar-refractivity contribution in [3.63, 3.8) is 0 Å². The Kier molecular flexibility index (Phi) is 5.40. The number of urea groups is 1. The third-order valence-corrected chi connectivity index (χ3v) is 4.43. The van der Waals surface area contributed by atoms with Crippen molar-refractivity contribution >= 4 is 40.7 Å². The van der Waals surface area contributed by atoms with Gasteiger partial charge in [0.15, 0.2) is 0 Å². The van der Waals surface area contributed by atoms with Gasteiger partial charge in [-0.3, -0.25) is 5.43 Å². The van der Waals surface area contributed by atoms with Crippen molar-refractivity contribution in [2.75, 3.05) is 36.4 Å². The maximum Gasteiger partial charge on any atom is 0.333 e. The third kappa shape index (κ3) is 4.29. The Bertz CT molecular complexity index is 705. The number of rotatable bonds is 3. The first-order valence-electron chi connectivity index (χ1n) is 7.55. The highest BCUT2D eigenvalue weighted by Crippen LogP contribution is 2.24. The van der Waals surface area contributed by atoms with E-state index < -0.39 is 0 Å². The zero-order valence-corrected chi connectivity index (χ0v) is 14.4. The molecule has 2 N–H and O–H groups in total. The van der Waals surface area contributed by atoms with Crippen LogP contribution >= 0.6 is 23.2 Å². The number of pyridine rings is 1. The van der Waals surface area contributed by atoms with Gasteiger partial charge in [0.1, 0.15) is 5.82 Å². The maximum atomic E-state index is 12.1. The molecule has 0 spiro atoms. The van der Waals surface area contributed by atoms with Gasteiger partial charge in [0.05, 0.1) is 10.0 Å². The summed E-state index contributed by atoms with van der Waals surface area (Å²) >= 11 is 11.8. The van der Waals surface area contributed by atoms with Gasteiger partial charge in [-0.15, -0.1) is 0 Å². The van der Waals surface area contributed by atoms with Crippen molar-refractivity contribution < 1.29 is 4.79 Å². The lowest BCUT2D eigenvalue weighted by atomic mass is 10.3. The van der Waals surface area contributed by atoms with Crippen LogP contribution in [0.2, 0.25) is 10.0 Å². The number of carbonyl (C=O) groups excluding carboxylic acids is 1. The summed E-state index contributed by atoms with van der Waals surface area (Å²) in [6.45, 7) is 3.02. The SMILES string of the molecule is O=C(Nc1ccc(Cl)c(Cl)c1)NN1CCN(c2ccccn2)CC1. The highest BCUT2D eigenvalue weighted by atomic mass is 35.5. The fraction of sp³-hybridized carbons (Fsp3) is 0.250. The molecule has 0 atom stereocenters. The molecular formula is C16H17Cl2N5O. The number of hydrazine groups is 1. The summed E-state index contributed by atoms with van der Waals surface area (Å²) in [5.41, 5.74) is 3.43. The van der Waals surface area contributed by atoms with Gasteiger partial charge in [0.2, 0.25) is 0 Å². The van der Waals surface area contributed by atoms with Gasteiger partial charge >= 0.3 is 6.03 Å². The van der Waals surface area contributed by atoms with Crippen molar-refractivity contribution in [1.29, 1.82) is 0 Å². The lowest BCUT2D eigenvalue weighted by Crippen LogP contribution is -2.54. The quantitative estimate of drug-likeness (QED) is 0.876. The van der Waals surface area contributed by atoms with E-state index in [9.17, 15) is 4.79 Å². The Balaban J connectivity index is 1.49. The van der Waals surface area contributed by atoms with E-state index >= 15 is 0 Å². The summed E-state index contributed by atoms with van der Waals surface area (Å²) < 4.78 is 0. The van der Waals surface area contributed by atoms with Crippen LogP contribution in [0, 0.1) is 0 Å². The average Bonchev–Trinajstić information content (AvgIpc) is 2.59. The first-order chi connectivity index (χ1) is 11.6. The predicted octanol–water partition coefficient (Wildman–Crippen LogP) is 3.25. The highest BCUT2D eigenvalue weighted by Gasteiger charge is 2.19. The lowest BCUT2D eigenvalue weighted by molar-refractivity contribution is 0.178. The summed E-state index contributed by atoms with van der Waals surface area (Å²) in [5, 5.41) is 5.47. The van der Waals surface area contributed by atoms with E-state index in [0.717, 1.165) is 18.9 Å². The first-order valence-corrected chi connectivity index (χ1v) is 8.31. The minimum absolute atomic E-state index is 0.306. The number of hydrogen-bond donors (Lipinski definition) is 2. The molecule has 24 heavy (non-hydrogen) atoms. The van der Waals surface area contributed by atoms with Crippen LogP contribution in [0.25, 0.3) is 0 Å². The second-order valence-corrected chi connectivity index (χ2v) is 6.17. The van der Waals surface area contributed by atoms with E-state index in [-0.39, 0.29) is 6.03 Å². The topological polar surface area (TPSA) is 60.5 Å². The molecule has 8 heteroatoms. The number of nitrogens with one attached hydrogen (secondary N) is 2. The van der Waals surface area contributed by atoms with Crippen LogP contribution < -0.4 is 15.6 Å². The van der Waals surface area contributed by atoms with Crippen molar-refractivity contribution in [3.05, 3.63) is 52.6 Å². The lowest BCUT2D eigenvalue weighted by Gasteiger charge is -2.35. The molecule has 0 radical (unpaired) electrons. The summed E-state index contributed by atoms with van der Waals surface area (Å²) in [4.78, 5) is 18.6. The average molecular weight is 366 g/mol. The first kappa shape index (κ1) is 16.8. The standard InChI is InChI=1S/C16H17Cl2N5O/c17-13-5-4-12(11-14(13)18)20-16(24)21-23-9-7-22(8-10-23)15-3-1-2-6-19-15/h1-6,11H,7-10H2,(H2,20,21,24). The molecule has 3 rings (SSSR count). The molecule has 1 aliphatic heterocycles. The predicted molar refractivity (Wildman–Crippen MR) is 96.6 cm³/mol. The molecule has 6 nitrogen and oxygen atoms in total. The van der Waals surface area contributed by atoms with E-state index in [1.807, 2.05) is 23.2 Å². The molecule has 0 unspecified atom stereocenters. The van der Waals surface area contributed by atoms with Crippen LogP contribution in [0.5, 0.6) is 0 Å². The third-order valence-electron chi connectivity index (χ3n) is 3.69. The molecule has 1 aliphatic rings. The Hall–Kier alpha value is -2.02. The number of amides is 2. The maximum absolute atomic E-state index is 12.1. The van der Waals surface area contributed by atoms with Crippen LogP contribution in [0.3, 0.4) is 0 Å². The molecule has 1 aromatic heterocycles. The van der Waals surface area contributed by atoms with E-state index in [4.69, 9.17) is 23.2 Å². The van der Waals surface area contributed by atoms with Crippen molar-refractivity contribution in [2.45, 2.75) is 0 Å². The molecule has 1 saturated heterocycles. The Labute approximate surface area is 150 Å². The molecule has 0 bridgehead atoms. The van der Waals surface area contributed by atoms with E-state index in [0.29, 0.717) is 28.8 Å². The monoisotopic (exact) mass is 365 g/mol. The Morgan fingerprint density at radius 1 is 1.04 bits per heavy atom. The second kappa shape index (κ2) is 7.70. The van der Waals surface area contributed by atoms with Crippen LogP contribution in [0.15, 0.2) is 42.6 Å². The van der Waals surface area contributed by atoms with Crippen LogP contribution in [-0.2, 0) is 0 Å².